The molecule has 0 bridgehead atoms. The number of hydrogen-bond donors (Lipinski definition) is 2. The summed E-state index contributed by atoms with van der Waals surface area (Å²) >= 11 is 0. The Morgan fingerprint density at radius 2 is 1.69 bits per heavy atom. The van der Waals surface area contributed by atoms with Gasteiger partial charge in [0.25, 0.3) is 0 Å². The van der Waals surface area contributed by atoms with Crippen molar-refractivity contribution in [2.75, 3.05) is 11.1 Å². The molecule has 7 nitrogen and oxygen atoms in total. The number of nitrogens with zero attached hydrogens (tertiary/aromatic N) is 2. The van der Waals surface area contributed by atoms with Gasteiger partial charge in [-0.2, -0.15) is 0 Å². The van der Waals surface area contributed by atoms with Crippen LogP contribution >= 0.6 is 0 Å². The minimum Gasteiger partial charge on any atom is -0.382 e. The summed E-state index contributed by atoms with van der Waals surface area (Å²) in [6.07, 6.45) is 1.21. The molecule has 0 fully saturated rings. The molecule has 0 spiro atoms. The molecule has 26 heavy (non-hydrogen) atoms. The Labute approximate surface area is 150 Å². The molecule has 1 heterocycles. The number of amides is 1. The first-order valence-corrected chi connectivity index (χ1v) is 9.17. The summed E-state index contributed by atoms with van der Waals surface area (Å²) in [6, 6.07) is 14.9. The Bertz CT molecular complexity index is 1050. The van der Waals surface area contributed by atoms with Crippen molar-refractivity contribution in [2.24, 2.45) is 0 Å². The topological polar surface area (TPSA) is 115 Å². The lowest BCUT2D eigenvalue weighted by Crippen LogP contribution is -2.09. The molecule has 2 aromatic carbocycles. The van der Waals surface area contributed by atoms with E-state index in [0.29, 0.717) is 11.5 Å². The van der Waals surface area contributed by atoms with Crippen molar-refractivity contribution in [3.63, 3.8) is 0 Å². The molecule has 0 saturated carbocycles. The molecular weight excluding hydrogens is 352 g/mol. The van der Waals surface area contributed by atoms with Gasteiger partial charge in [-0.3, -0.25) is 4.79 Å². The van der Waals surface area contributed by atoms with Crippen LogP contribution in [0.25, 0.3) is 11.4 Å². The SMILES string of the molecule is CC(=O)Nc1ccc(S(=O)(=O)c2cnc(-c3ccccc3)nc2N)cc1. The Kier molecular flexibility index (Phi) is 4.68. The van der Waals surface area contributed by atoms with Crippen LogP contribution in [0.3, 0.4) is 0 Å². The van der Waals surface area contributed by atoms with E-state index in [4.69, 9.17) is 5.73 Å². The van der Waals surface area contributed by atoms with E-state index in [-0.39, 0.29) is 21.5 Å². The predicted molar refractivity (Wildman–Crippen MR) is 98.1 cm³/mol. The second kappa shape index (κ2) is 6.93. The number of carbonyl (C=O) groups is 1. The minimum atomic E-state index is -3.88. The molecule has 0 saturated heterocycles. The fourth-order valence-electron chi connectivity index (χ4n) is 2.36. The van der Waals surface area contributed by atoms with Crippen LogP contribution in [0, 0.1) is 0 Å². The Morgan fingerprint density at radius 3 is 2.27 bits per heavy atom. The third-order valence-electron chi connectivity index (χ3n) is 3.59. The fourth-order valence-corrected chi connectivity index (χ4v) is 3.63. The quantitative estimate of drug-likeness (QED) is 0.731. The van der Waals surface area contributed by atoms with Gasteiger partial charge in [0.1, 0.15) is 10.7 Å². The summed E-state index contributed by atoms with van der Waals surface area (Å²) in [7, 11) is -3.88. The van der Waals surface area contributed by atoms with Crippen molar-refractivity contribution in [3.05, 3.63) is 60.8 Å². The molecule has 8 heteroatoms. The maximum atomic E-state index is 12.8. The highest BCUT2D eigenvalue weighted by molar-refractivity contribution is 7.91. The standard InChI is InChI=1S/C18H16N4O3S/c1-12(23)21-14-7-9-15(10-8-14)26(24,25)16-11-20-18(22-17(16)19)13-5-3-2-4-6-13/h2-11H,1H3,(H,21,23)(H2,19,20,22). The molecule has 0 aliphatic heterocycles. The van der Waals surface area contributed by atoms with Crippen LogP contribution in [0.2, 0.25) is 0 Å². The van der Waals surface area contributed by atoms with Crippen LogP contribution in [0.4, 0.5) is 11.5 Å². The molecule has 3 N–H and O–H groups in total. The normalized spacial score (nSPS) is 11.1. The van der Waals surface area contributed by atoms with Gasteiger partial charge in [0, 0.05) is 18.2 Å². The van der Waals surface area contributed by atoms with E-state index in [1.807, 2.05) is 30.3 Å². The highest BCUT2D eigenvalue weighted by Crippen LogP contribution is 2.27. The summed E-state index contributed by atoms with van der Waals surface area (Å²) in [6.45, 7) is 1.37. The van der Waals surface area contributed by atoms with Crippen LogP contribution in [-0.4, -0.2) is 24.3 Å². The number of nitrogen functional groups attached to an aromatic ring is 1. The Morgan fingerprint density at radius 1 is 1.04 bits per heavy atom. The predicted octanol–water partition coefficient (Wildman–Crippen LogP) is 2.52. The number of sulfone groups is 1. The average molecular weight is 368 g/mol. The van der Waals surface area contributed by atoms with Gasteiger partial charge in [0.05, 0.1) is 11.1 Å². The first-order chi connectivity index (χ1) is 12.4. The molecule has 0 aliphatic rings. The van der Waals surface area contributed by atoms with Gasteiger partial charge in [0.2, 0.25) is 15.7 Å². The van der Waals surface area contributed by atoms with Crippen LogP contribution in [-0.2, 0) is 14.6 Å². The Balaban J connectivity index is 1.96. The van der Waals surface area contributed by atoms with E-state index in [2.05, 4.69) is 15.3 Å². The molecule has 0 radical (unpaired) electrons. The third-order valence-corrected chi connectivity index (χ3v) is 5.38. The maximum Gasteiger partial charge on any atom is 0.221 e. The zero-order valence-corrected chi connectivity index (χ0v) is 14.7. The molecular formula is C18H16N4O3S. The van der Waals surface area contributed by atoms with Crippen molar-refractivity contribution in [3.8, 4) is 11.4 Å². The molecule has 0 aliphatic carbocycles. The van der Waals surface area contributed by atoms with Crippen molar-refractivity contribution in [1.29, 1.82) is 0 Å². The van der Waals surface area contributed by atoms with Gasteiger partial charge in [0.15, 0.2) is 5.82 Å². The molecule has 1 amide bonds. The van der Waals surface area contributed by atoms with Crippen LogP contribution < -0.4 is 11.1 Å². The summed E-state index contributed by atoms with van der Waals surface area (Å²) in [5, 5.41) is 2.58. The van der Waals surface area contributed by atoms with Crippen LogP contribution in [0.1, 0.15) is 6.92 Å². The number of hydrogen-bond acceptors (Lipinski definition) is 6. The van der Waals surface area contributed by atoms with Gasteiger partial charge in [-0.05, 0) is 24.3 Å². The van der Waals surface area contributed by atoms with Crippen molar-refractivity contribution < 1.29 is 13.2 Å². The van der Waals surface area contributed by atoms with E-state index in [1.54, 1.807) is 0 Å². The number of rotatable bonds is 4. The maximum absolute atomic E-state index is 12.8. The highest BCUT2D eigenvalue weighted by Gasteiger charge is 2.22. The highest BCUT2D eigenvalue weighted by atomic mass is 32.2. The van der Waals surface area contributed by atoms with Crippen molar-refractivity contribution >= 4 is 27.2 Å². The van der Waals surface area contributed by atoms with Gasteiger partial charge in [-0.25, -0.2) is 18.4 Å². The lowest BCUT2D eigenvalue weighted by Gasteiger charge is -2.09. The Hall–Kier alpha value is -3.26. The van der Waals surface area contributed by atoms with E-state index in [1.165, 1.54) is 37.4 Å². The summed E-state index contributed by atoms with van der Waals surface area (Å²) in [4.78, 5) is 19.2. The van der Waals surface area contributed by atoms with Gasteiger partial charge >= 0.3 is 0 Å². The van der Waals surface area contributed by atoms with Crippen molar-refractivity contribution in [1.82, 2.24) is 9.97 Å². The van der Waals surface area contributed by atoms with Crippen LogP contribution in [0.15, 0.2) is 70.6 Å². The van der Waals surface area contributed by atoms with E-state index < -0.39 is 9.84 Å². The van der Waals surface area contributed by atoms with E-state index in [0.717, 1.165) is 5.56 Å². The monoisotopic (exact) mass is 368 g/mol. The first kappa shape index (κ1) is 17.6. The molecule has 1 aromatic heterocycles. The third kappa shape index (κ3) is 3.55. The summed E-state index contributed by atoms with van der Waals surface area (Å²) < 4.78 is 25.6. The zero-order chi connectivity index (χ0) is 18.7. The lowest BCUT2D eigenvalue weighted by atomic mass is 10.2. The molecule has 3 rings (SSSR count). The van der Waals surface area contributed by atoms with Gasteiger partial charge < -0.3 is 11.1 Å². The smallest absolute Gasteiger partial charge is 0.221 e. The zero-order valence-electron chi connectivity index (χ0n) is 13.9. The van der Waals surface area contributed by atoms with Crippen molar-refractivity contribution in [2.45, 2.75) is 16.7 Å². The number of aromatic nitrogens is 2. The largest absolute Gasteiger partial charge is 0.382 e. The fraction of sp³-hybridized carbons (Fsp3) is 0.0556. The van der Waals surface area contributed by atoms with Gasteiger partial charge in [-0.15, -0.1) is 0 Å². The molecule has 0 atom stereocenters. The number of nitrogens with two attached hydrogens (primary N) is 1. The summed E-state index contributed by atoms with van der Waals surface area (Å²) in [5.74, 6) is -0.0115. The lowest BCUT2D eigenvalue weighted by molar-refractivity contribution is -0.114. The van der Waals surface area contributed by atoms with Crippen LogP contribution in [0.5, 0.6) is 0 Å². The number of benzene rings is 2. The second-order valence-electron chi connectivity index (χ2n) is 5.52. The molecule has 0 unspecified atom stereocenters. The van der Waals surface area contributed by atoms with E-state index in [9.17, 15) is 13.2 Å². The van der Waals surface area contributed by atoms with E-state index >= 15 is 0 Å². The van der Waals surface area contributed by atoms with Gasteiger partial charge in [-0.1, -0.05) is 30.3 Å². The summed E-state index contributed by atoms with van der Waals surface area (Å²) in [5.41, 5.74) is 7.13. The second-order valence-corrected chi connectivity index (χ2v) is 7.44. The minimum absolute atomic E-state index is 0.0364. The number of nitrogens with one attached hydrogen (secondary N) is 1. The molecule has 3 aromatic rings. The number of carbonyl (C=O) groups excluding carboxylic acids is 1. The molecule has 132 valence electrons. The number of anilines is 2. The first-order valence-electron chi connectivity index (χ1n) is 7.68. The average Bonchev–Trinajstić information content (AvgIpc) is 2.62.